The third kappa shape index (κ3) is 4.05. The van der Waals surface area contributed by atoms with Crippen molar-refractivity contribution in [2.24, 2.45) is 0 Å². The SMILES string of the molecule is COc1ccccc1C(CNC(=O)c1ccc2c(c1)CCN2C(C)=O)N1CCCC1. The van der Waals surface area contributed by atoms with E-state index in [4.69, 9.17) is 4.74 Å². The van der Waals surface area contributed by atoms with Crippen LogP contribution < -0.4 is 15.0 Å². The Balaban J connectivity index is 1.50. The van der Waals surface area contributed by atoms with E-state index in [1.54, 1.807) is 18.9 Å². The van der Waals surface area contributed by atoms with Gasteiger partial charge in [-0.25, -0.2) is 0 Å². The van der Waals surface area contributed by atoms with Crippen LogP contribution in [-0.2, 0) is 11.2 Å². The zero-order valence-corrected chi connectivity index (χ0v) is 17.7. The van der Waals surface area contributed by atoms with Crippen LogP contribution in [-0.4, -0.2) is 50.0 Å². The topological polar surface area (TPSA) is 61.9 Å². The zero-order chi connectivity index (χ0) is 21.1. The van der Waals surface area contributed by atoms with Crippen molar-refractivity contribution < 1.29 is 14.3 Å². The lowest BCUT2D eigenvalue weighted by Crippen LogP contribution is -2.37. The monoisotopic (exact) mass is 407 g/mol. The molecule has 0 aromatic heterocycles. The minimum atomic E-state index is -0.0850. The normalized spacial score (nSPS) is 16.9. The van der Waals surface area contributed by atoms with E-state index >= 15 is 0 Å². The maximum absolute atomic E-state index is 12.9. The molecular weight excluding hydrogens is 378 g/mol. The number of rotatable bonds is 6. The molecule has 1 atom stereocenters. The highest BCUT2D eigenvalue weighted by molar-refractivity contribution is 5.97. The first-order chi connectivity index (χ1) is 14.6. The van der Waals surface area contributed by atoms with E-state index in [1.165, 1.54) is 12.8 Å². The smallest absolute Gasteiger partial charge is 0.251 e. The molecule has 1 saturated heterocycles. The number of methoxy groups -OCH3 is 1. The molecule has 0 aliphatic carbocycles. The second-order valence-corrected chi connectivity index (χ2v) is 7.97. The summed E-state index contributed by atoms with van der Waals surface area (Å²) in [6, 6.07) is 13.7. The van der Waals surface area contributed by atoms with E-state index in [0.717, 1.165) is 42.1 Å². The molecule has 2 aliphatic heterocycles. The van der Waals surface area contributed by atoms with E-state index in [1.807, 2.05) is 36.4 Å². The molecule has 2 amide bonds. The molecule has 2 aliphatic rings. The maximum Gasteiger partial charge on any atom is 0.251 e. The van der Waals surface area contributed by atoms with Gasteiger partial charge in [0.25, 0.3) is 5.91 Å². The molecule has 1 unspecified atom stereocenters. The summed E-state index contributed by atoms with van der Waals surface area (Å²) in [6.45, 7) is 4.83. The Labute approximate surface area is 177 Å². The van der Waals surface area contributed by atoms with Crippen molar-refractivity contribution in [3.05, 3.63) is 59.2 Å². The Kier molecular flexibility index (Phi) is 6.04. The average Bonchev–Trinajstić information content (AvgIpc) is 3.43. The second kappa shape index (κ2) is 8.88. The van der Waals surface area contributed by atoms with Crippen molar-refractivity contribution in [1.29, 1.82) is 0 Å². The van der Waals surface area contributed by atoms with E-state index in [2.05, 4.69) is 16.3 Å². The molecule has 4 rings (SSSR count). The number of likely N-dealkylation sites (tertiary alicyclic amines) is 1. The number of benzene rings is 2. The van der Waals surface area contributed by atoms with E-state index < -0.39 is 0 Å². The summed E-state index contributed by atoms with van der Waals surface area (Å²) in [6.07, 6.45) is 3.14. The summed E-state index contributed by atoms with van der Waals surface area (Å²) in [5.74, 6) is 0.805. The predicted octanol–water partition coefficient (Wildman–Crippen LogP) is 3.17. The highest BCUT2D eigenvalue weighted by atomic mass is 16.5. The summed E-state index contributed by atoms with van der Waals surface area (Å²) < 4.78 is 5.59. The number of nitrogens with zero attached hydrogens (tertiary/aromatic N) is 2. The average molecular weight is 408 g/mol. The van der Waals surface area contributed by atoms with Gasteiger partial charge in [-0.05, 0) is 62.2 Å². The van der Waals surface area contributed by atoms with Gasteiger partial charge in [-0.15, -0.1) is 0 Å². The van der Waals surface area contributed by atoms with Crippen LogP contribution in [0.3, 0.4) is 0 Å². The van der Waals surface area contributed by atoms with Gasteiger partial charge in [-0.1, -0.05) is 18.2 Å². The lowest BCUT2D eigenvalue weighted by molar-refractivity contribution is -0.116. The van der Waals surface area contributed by atoms with Gasteiger partial charge in [0, 0.05) is 36.8 Å². The fraction of sp³-hybridized carbons (Fsp3) is 0.417. The van der Waals surface area contributed by atoms with Crippen LogP contribution in [0.2, 0.25) is 0 Å². The lowest BCUT2D eigenvalue weighted by atomic mass is 10.0. The summed E-state index contributed by atoms with van der Waals surface area (Å²) in [7, 11) is 1.69. The standard InChI is InChI=1S/C24H29N3O3/c1-17(28)27-14-11-18-15-19(9-10-21(18)27)24(29)25-16-22(26-12-5-6-13-26)20-7-3-4-8-23(20)30-2/h3-4,7-10,15,22H,5-6,11-14,16H2,1-2H3,(H,25,29). The van der Waals surface area contributed by atoms with E-state index in [-0.39, 0.29) is 17.9 Å². The number of hydrogen-bond acceptors (Lipinski definition) is 4. The Hall–Kier alpha value is -2.86. The number of anilines is 1. The van der Waals surface area contributed by atoms with E-state index in [0.29, 0.717) is 18.7 Å². The quantitative estimate of drug-likeness (QED) is 0.799. The van der Waals surface area contributed by atoms with Crippen molar-refractivity contribution in [3.8, 4) is 5.75 Å². The van der Waals surface area contributed by atoms with E-state index in [9.17, 15) is 9.59 Å². The van der Waals surface area contributed by atoms with Crippen LogP contribution in [0.4, 0.5) is 5.69 Å². The maximum atomic E-state index is 12.9. The lowest BCUT2D eigenvalue weighted by Gasteiger charge is -2.29. The highest BCUT2D eigenvalue weighted by Gasteiger charge is 2.27. The number of ether oxygens (including phenoxy) is 1. The minimum Gasteiger partial charge on any atom is -0.496 e. The molecule has 0 spiro atoms. The molecule has 1 fully saturated rings. The first-order valence-corrected chi connectivity index (χ1v) is 10.6. The first-order valence-electron chi connectivity index (χ1n) is 10.6. The number of carbonyl (C=O) groups excluding carboxylic acids is 2. The van der Waals surface area contributed by atoms with Gasteiger partial charge >= 0.3 is 0 Å². The van der Waals surface area contributed by atoms with Gasteiger partial charge in [-0.3, -0.25) is 14.5 Å². The van der Waals surface area contributed by atoms with Gasteiger partial charge in [0.05, 0.1) is 13.2 Å². The van der Waals surface area contributed by atoms with Crippen molar-refractivity contribution in [1.82, 2.24) is 10.2 Å². The Morgan fingerprint density at radius 1 is 1.10 bits per heavy atom. The molecule has 6 heteroatoms. The molecule has 0 saturated carbocycles. The van der Waals surface area contributed by atoms with Gasteiger partial charge in [0.15, 0.2) is 0 Å². The van der Waals surface area contributed by atoms with Gasteiger partial charge < -0.3 is 15.0 Å². The summed E-state index contributed by atoms with van der Waals surface area (Å²) in [4.78, 5) is 28.9. The molecule has 2 aromatic carbocycles. The van der Waals surface area contributed by atoms with Crippen molar-refractivity contribution in [3.63, 3.8) is 0 Å². The number of fused-ring (bicyclic) bond motifs is 1. The van der Waals surface area contributed by atoms with Crippen LogP contribution >= 0.6 is 0 Å². The molecule has 2 heterocycles. The molecule has 6 nitrogen and oxygen atoms in total. The van der Waals surface area contributed by atoms with Gasteiger partial charge in [0.1, 0.15) is 5.75 Å². The van der Waals surface area contributed by atoms with Gasteiger partial charge in [0.2, 0.25) is 5.91 Å². The van der Waals surface area contributed by atoms with Crippen molar-refractivity contribution in [2.75, 3.05) is 38.2 Å². The summed E-state index contributed by atoms with van der Waals surface area (Å²) >= 11 is 0. The fourth-order valence-corrected chi connectivity index (χ4v) is 4.59. The van der Waals surface area contributed by atoms with Crippen LogP contribution in [0, 0.1) is 0 Å². The zero-order valence-electron chi connectivity index (χ0n) is 17.7. The molecular formula is C24H29N3O3. The molecule has 30 heavy (non-hydrogen) atoms. The number of carbonyl (C=O) groups is 2. The van der Waals surface area contributed by atoms with Crippen molar-refractivity contribution >= 4 is 17.5 Å². The largest absolute Gasteiger partial charge is 0.496 e. The Morgan fingerprint density at radius 2 is 1.87 bits per heavy atom. The van der Waals surface area contributed by atoms with Crippen LogP contribution in [0.15, 0.2) is 42.5 Å². The molecule has 0 bridgehead atoms. The third-order valence-corrected chi connectivity index (χ3v) is 6.15. The van der Waals surface area contributed by atoms with Crippen LogP contribution in [0.25, 0.3) is 0 Å². The Bertz CT molecular complexity index is 937. The number of amides is 2. The number of nitrogens with one attached hydrogen (secondary N) is 1. The predicted molar refractivity (Wildman–Crippen MR) is 117 cm³/mol. The second-order valence-electron chi connectivity index (χ2n) is 7.97. The van der Waals surface area contributed by atoms with Crippen molar-refractivity contribution in [2.45, 2.75) is 32.2 Å². The molecule has 0 radical (unpaired) electrons. The summed E-state index contributed by atoms with van der Waals surface area (Å²) in [5, 5.41) is 3.13. The van der Waals surface area contributed by atoms with Crippen LogP contribution in [0.5, 0.6) is 5.75 Å². The minimum absolute atomic E-state index is 0.0382. The molecule has 158 valence electrons. The molecule has 1 N–H and O–H groups in total. The highest BCUT2D eigenvalue weighted by Crippen LogP contribution is 2.32. The summed E-state index contributed by atoms with van der Waals surface area (Å²) in [5.41, 5.74) is 3.72. The van der Waals surface area contributed by atoms with Crippen LogP contribution in [0.1, 0.15) is 47.3 Å². The number of para-hydroxylation sites is 1. The fourth-order valence-electron chi connectivity index (χ4n) is 4.59. The Morgan fingerprint density at radius 3 is 2.60 bits per heavy atom. The third-order valence-electron chi connectivity index (χ3n) is 6.15. The van der Waals surface area contributed by atoms with Gasteiger partial charge in [-0.2, -0.15) is 0 Å². The molecule has 2 aromatic rings. The first kappa shape index (κ1) is 20.4. The number of hydrogen-bond donors (Lipinski definition) is 1.